The van der Waals surface area contributed by atoms with E-state index in [9.17, 15) is 13.2 Å². The lowest BCUT2D eigenvalue weighted by Crippen LogP contribution is -2.36. The number of rotatable bonds is 3. The summed E-state index contributed by atoms with van der Waals surface area (Å²) in [4.78, 5) is 7.39. The van der Waals surface area contributed by atoms with Crippen LogP contribution in [0.5, 0.6) is 0 Å². The highest BCUT2D eigenvalue weighted by Gasteiger charge is 2.33. The largest absolute Gasteiger partial charge is 0.434 e. The third-order valence-electron chi connectivity index (χ3n) is 1.82. The second-order valence-electron chi connectivity index (χ2n) is 3.08. The molecule has 1 heterocycles. The van der Waals surface area contributed by atoms with Gasteiger partial charge < -0.3 is 10.6 Å². The predicted octanol–water partition coefficient (Wildman–Crippen LogP) is 1.85. The summed E-state index contributed by atoms with van der Waals surface area (Å²) in [7, 11) is 1.59. The first-order valence-electron chi connectivity index (χ1n) is 4.93. The molecule has 0 bridgehead atoms. The average molecular weight is 266 g/mol. The molecule has 96 valence electrons. The van der Waals surface area contributed by atoms with E-state index >= 15 is 0 Å². The number of halogens is 3. The van der Waals surface area contributed by atoms with Crippen molar-refractivity contribution in [3.8, 4) is 0 Å². The van der Waals surface area contributed by atoms with Crippen molar-refractivity contribution < 1.29 is 13.2 Å². The number of thiazole rings is 1. The fourth-order valence-electron chi connectivity index (χ4n) is 1.07. The summed E-state index contributed by atoms with van der Waals surface area (Å²) < 4.78 is 36.8. The zero-order valence-corrected chi connectivity index (χ0v) is 10.2. The SMILES string of the molecule is CCNC(=NC)NCc1nc(C(F)(F)F)cs1. The van der Waals surface area contributed by atoms with Crippen LogP contribution in [0.1, 0.15) is 17.6 Å². The summed E-state index contributed by atoms with van der Waals surface area (Å²) in [5, 5.41) is 7.18. The zero-order valence-electron chi connectivity index (χ0n) is 9.43. The van der Waals surface area contributed by atoms with Crippen molar-refractivity contribution in [2.75, 3.05) is 13.6 Å². The first-order valence-corrected chi connectivity index (χ1v) is 5.81. The molecule has 1 rings (SSSR count). The van der Waals surface area contributed by atoms with E-state index in [0.29, 0.717) is 17.5 Å². The van der Waals surface area contributed by atoms with E-state index in [4.69, 9.17) is 0 Å². The maximum atomic E-state index is 12.3. The maximum Gasteiger partial charge on any atom is 0.434 e. The van der Waals surface area contributed by atoms with Crippen LogP contribution in [-0.4, -0.2) is 24.5 Å². The van der Waals surface area contributed by atoms with E-state index in [-0.39, 0.29) is 6.54 Å². The number of guanidine groups is 1. The summed E-state index contributed by atoms with van der Waals surface area (Å²) in [6.45, 7) is 2.81. The number of hydrogen-bond acceptors (Lipinski definition) is 3. The molecule has 0 aliphatic rings. The summed E-state index contributed by atoms with van der Waals surface area (Å²) in [6.07, 6.45) is -4.38. The molecule has 1 aromatic rings. The second-order valence-corrected chi connectivity index (χ2v) is 4.02. The van der Waals surface area contributed by atoms with E-state index in [1.807, 2.05) is 6.92 Å². The lowest BCUT2D eigenvalue weighted by Gasteiger charge is -2.08. The van der Waals surface area contributed by atoms with Gasteiger partial charge in [0.25, 0.3) is 0 Å². The first kappa shape index (κ1) is 13.8. The van der Waals surface area contributed by atoms with Crippen LogP contribution in [0.15, 0.2) is 10.4 Å². The van der Waals surface area contributed by atoms with Gasteiger partial charge in [0.1, 0.15) is 5.01 Å². The van der Waals surface area contributed by atoms with Gasteiger partial charge in [-0.3, -0.25) is 4.99 Å². The van der Waals surface area contributed by atoms with Gasteiger partial charge in [-0.05, 0) is 6.92 Å². The minimum absolute atomic E-state index is 0.223. The Morgan fingerprint density at radius 2 is 2.18 bits per heavy atom. The molecule has 4 nitrogen and oxygen atoms in total. The molecule has 0 saturated heterocycles. The van der Waals surface area contributed by atoms with Crippen molar-refractivity contribution in [2.45, 2.75) is 19.6 Å². The van der Waals surface area contributed by atoms with Crippen molar-refractivity contribution in [1.82, 2.24) is 15.6 Å². The second kappa shape index (κ2) is 5.85. The average Bonchev–Trinajstić information content (AvgIpc) is 2.72. The smallest absolute Gasteiger partial charge is 0.357 e. The van der Waals surface area contributed by atoms with Gasteiger partial charge in [0.2, 0.25) is 0 Å². The Balaban J connectivity index is 2.56. The number of nitrogens with one attached hydrogen (secondary N) is 2. The maximum absolute atomic E-state index is 12.3. The van der Waals surface area contributed by atoms with Crippen LogP contribution in [0.25, 0.3) is 0 Å². The molecule has 0 unspecified atom stereocenters. The molecule has 0 aromatic carbocycles. The van der Waals surface area contributed by atoms with E-state index in [1.54, 1.807) is 7.05 Å². The van der Waals surface area contributed by atoms with Gasteiger partial charge in [-0.1, -0.05) is 0 Å². The normalized spacial score (nSPS) is 12.6. The quantitative estimate of drug-likeness (QED) is 0.648. The first-order chi connectivity index (χ1) is 7.97. The lowest BCUT2D eigenvalue weighted by atomic mass is 10.5. The molecule has 0 aliphatic carbocycles. The Morgan fingerprint density at radius 1 is 1.47 bits per heavy atom. The molecule has 0 atom stereocenters. The van der Waals surface area contributed by atoms with Gasteiger partial charge in [0, 0.05) is 19.0 Å². The molecule has 8 heteroatoms. The summed E-state index contributed by atoms with van der Waals surface area (Å²) in [5.74, 6) is 0.538. The Morgan fingerprint density at radius 3 is 2.65 bits per heavy atom. The molecular formula is C9H13F3N4S. The van der Waals surface area contributed by atoms with Crippen LogP contribution in [0.2, 0.25) is 0 Å². The summed E-state index contributed by atoms with van der Waals surface area (Å²) >= 11 is 0.971. The number of nitrogens with zero attached hydrogens (tertiary/aromatic N) is 2. The standard InChI is InChI=1S/C9H13F3N4S/c1-3-14-8(13-2)15-4-7-16-6(5-17-7)9(10,11)12/h5H,3-4H2,1-2H3,(H2,13,14,15). The topological polar surface area (TPSA) is 49.3 Å². The Bertz CT molecular complexity index is 386. The summed E-state index contributed by atoms with van der Waals surface area (Å²) in [5.41, 5.74) is -0.849. The molecule has 0 spiro atoms. The van der Waals surface area contributed by atoms with Crippen LogP contribution in [-0.2, 0) is 12.7 Å². The number of alkyl halides is 3. The lowest BCUT2D eigenvalue weighted by molar-refractivity contribution is -0.140. The molecule has 0 saturated carbocycles. The number of hydrogen-bond donors (Lipinski definition) is 2. The number of aliphatic imine (C=N–C) groups is 1. The van der Waals surface area contributed by atoms with Crippen molar-refractivity contribution in [3.63, 3.8) is 0 Å². The summed E-state index contributed by atoms with van der Waals surface area (Å²) in [6, 6.07) is 0. The van der Waals surface area contributed by atoms with Crippen molar-refractivity contribution >= 4 is 17.3 Å². The van der Waals surface area contributed by atoms with E-state index in [0.717, 1.165) is 16.7 Å². The highest BCUT2D eigenvalue weighted by Crippen LogP contribution is 2.29. The van der Waals surface area contributed by atoms with Gasteiger partial charge >= 0.3 is 6.18 Å². The molecule has 0 fully saturated rings. The third kappa shape index (κ3) is 4.22. The molecule has 1 aromatic heterocycles. The van der Waals surface area contributed by atoms with Crippen LogP contribution in [0.3, 0.4) is 0 Å². The predicted molar refractivity (Wildman–Crippen MR) is 61.0 cm³/mol. The Hall–Kier alpha value is -1.31. The van der Waals surface area contributed by atoms with Gasteiger partial charge in [0.15, 0.2) is 11.7 Å². The van der Waals surface area contributed by atoms with E-state index in [2.05, 4.69) is 20.6 Å². The fourth-order valence-corrected chi connectivity index (χ4v) is 1.81. The highest BCUT2D eigenvalue weighted by molar-refractivity contribution is 7.09. The van der Waals surface area contributed by atoms with Gasteiger partial charge in [-0.25, -0.2) is 4.98 Å². The molecule has 17 heavy (non-hydrogen) atoms. The monoisotopic (exact) mass is 266 g/mol. The molecule has 0 amide bonds. The van der Waals surface area contributed by atoms with Crippen molar-refractivity contribution in [2.24, 2.45) is 4.99 Å². The van der Waals surface area contributed by atoms with Crippen molar-refractivity contribution in [1.29, 1.82) is 0 Å². The molecule has 2 N–H and O–H groups in total. The van der Waals surface area contributed by atoms with Crippen molar-refractivity contribution in [3.05, 3.63) is 16.1 Å². The Labute approximate surface area is 101 Å². The minimum atomic E-state index is -4.38. The van der Waals surface area contributed by atoms with E-state index < -0.39 is 11.9 Å². The molecule has 0 radical (unpaired) electrons. The minimum Gasteiger partial charge on any atom is -0.357 e. The zero-order chi connectivity index (χ0) is 12.9. The molecule has 0 aliphatic heterocycles. The van der Waals surface area contributed by atoms with Crippen LogP contribution >= 0.6 is 11.3 Å². The van der Waals surface area contributed by atoms with Crippen LogP contribution in [0.4, 0.5) is 13.2 Å². The van der Waals surface area contributed by atoms with Crippen LogP contribution < -0.4 is 10.6 Å². The van der Waals surface area contributed by atoms with E-state index in [1.165, 1.54) is 0 Å². The third-order valence-corrected chi connectivity index (χ3v) is 2.67. The molecular weight excluding hydrogens is 253 g/mol. The number of aromatic nitrogens is 1. The van der Waals surface area contributed by atoms with Gasteiger partial charge in [0.05, 0.1) is 6.54 Å². The van der Waals surface area contributed by atoms with Crippen LogP contribution in [0, 0.1) is 0 Å². The Kier molecular flexibility index (Phi) is 4.73. The highest BCUT2D eigenvalue weighted by atomic mass is 32.1. The van der Waals surface area contributed by atoms with Gasteiger partial charge in [-0.15, -0.1) is 11.3 Å². The van der Waals surface area contributed by atoms with Gasteiger partial charge in [-0.2, -0.15) is 13.2 Å². The fraction of sp³-hybridized carbons (Fsp3) is 0.556.